The maximum atomic E-state index is 8.88. The van der Waals surface area contributed by atoms with Gasteiger partial charge in [-0.05, 0) is 0 Å². The average molecular weight is 281 g/mol. The van der Waals surface area contributed by atoms with Crippen molar-refractivity contribution in [2.45, 2.75) is 0 Å². The van der Waals surface area contributed by atoms with Gasteiger partial charge < -0.3 is 40.3 Å². The Kier molecular flexibility index (Phi) is 35.3. The van der Waals surface area contributed by atoms with Gasteiger partial charge in [0.2, 0.25) is 0 Å². The van der Waals surface area contributed by atoms with Crippen LogP contribution in [0.2, 0.25) is 0 Å². The van der Waals surface area contributed by atoms with E-state index in [1.165, 1.54) is 0 Å². The molecule has 0 heterocycles. The third-order valence-electron chi connectivity index (χ3n) is 0. The number of phosphoric acid groups is 1. The molecular formula is H10O9P2Zn. The van der Waals surface area contributed by atoms with Gasteiger partial charge in [-0.1, -0.05) is 0 Å². The maximum absolute atomic E-state index is 8.88. The van der Waals surface area contributed by atoms with Crippen LogP contribution in [0.25, 0.3) is 0 Å². The normalized spacial score (nSPS) is 7.92. The molecule has 0 aliphatic rings. The monoisotopic (exact) mass is 280 g/mol. The zero-order valence-corrected chi connectivity index (χ0v) is 10.4. The summed E-state index contributed by atoms with van der Waals surface area (Å²) >= 11 is 0. The van der Waals surface area contributed by atoms with Crippen LogP contribution in [0.1, 0.15) is 0 Å². The van der Waals surface area contributed by atoms with Crippen LogP contribution in [0, 0.1) is 0 Å². The quantitative estimate of drug-likeness (QED) is 0.196. The molecule has 0 bridgehead atoms. The van der Waals surface area contributed by atoms with E-state index in [4.69, 9.17) is 33.9 Å². The summed E-state index contributed by atoms with van der Waals surface area (Å²) in [6.45, 7) is 0. The van der Waals surface area contributed by atoms with Crippen molar-refractivity contribution in [1.29, 1.82) is 0 Å². The summed E-state index contributed by atoms with van der Waals surface area (Å²) in [5.74, 6) is 0. The van der Waals surface area contributed by atoms with Crippen LogP contribution in [0.5, 0.6) is 0 Å². The zero-order chi connectivity index (χ0) is 8.08. The minimum atomic E-state index is -4.64. The van der Waals surface area contributed by atoms with Gasteiger partial charge in [0, 0.05) is 19.5 Å². The van der Waals surface area contributed by atoms with Crippen molar-refractivity contribution in [1.82, 2.24) is 0 Å². The van der Waals surface area contributed by atoms with E-state index >= 15 is 0 Å². The first-order valence-corrected chi connectivity index (χ1v) is 4.15. The van der Waals surface area contributed by atoms with Crippen LogP contribution in [0.4, 0.5) is 0 Å². The first-order chi connectivity index (χ1) is 3.73. The zero-order valence-electron chi connectivity index (χ0n) is 5.69. The van der Waals surface area contributed by atoms with Crippen LogP contribution in [-0.2, 0) is 24.0 Å². The van der Waals surface area contributed by atoms with Gasteiger partial charge in [0.1, 0.15) is 0 Å². The Balaban J connectivity index is -0.0000000221. The summed E-state index contributed by atoms with van der Waals surface area (Å²) in [4.78, 5) is 43.3. The Morgan fingerprint density at radius 3 is 0.917 bits per heavy atom. The number of hydrogen-bond acceptors (Lipinski definition) is 4. The fraction of sp³-hybridized carbons (Fsp3) is 0. The van der Waals surface area contributed by atoms with Gasteiger partial charge in [0.25, 0.3) is 0 Å². The number of rotatable bonds is 0. The molecule has 0 amide bonds. The van der Waals surface area contributed by atoms with E-state index in [1.54, 1.807) is 0 Å². The van der Waals surface area contributed by atoms with Crippen LogP contribution < -0.4 is 0 Å². The largest absolute Gasteiger partial charge is 0.466 e. The summed E-state index contributed by atoms with van der Waals surface area (Å²) in [7, 11) is -7.26. The molecule has 0 aliphatic carbocycles. The molecule has 0 saturated carbocycles. The van der Waals surface area contributed by atoms with Gasteiger partial charge in [0.05, 0.1) is 0 Å². The Morgan fingerprint density at radius 1 is 0.917 bits per heavy atom. The molecule has 76 valence electrons. The van der Waals surface area contributed by atoms with Gasteiger partial charge in [-0.3, -0.25) is 0 Å². The predicted octanol–water partition coefficient (Wildman–Crippen LogP) is -3.39. The second kappa shape index (κ2) is 14.5. The third-order valence-corrected chi connectivity index (χ3v) is 0. The maximum Gasteiger partial charge on any atom is 0.466 e. The van der Waals surface area contributed by atoms with Crippen molar-refractivity contribution in [2.24, 2.45) is 0 Å². The summed E-state index contributed by atoms with van der Waals surface area (Å²) < 4.78 is 8.88. The third kappa shape index (κ3) is 1170. The Hall–Kier alpha value is 0.963. The molecule has 12 heteroatoms. The molecule has 0 fully saturated rings. The standard InChI is InChI=1S/H3O4P.H3O3P.2H2O.Zn/c1-5(2,3)4;1-4(2)3;;;/h(H3,1,2,3,4);1-3H;2*1H2;. The summed E-state index contributed by atoms with van der Waals surface area (Å²) in [5, 5.41) is 0. The number of hydrogen-bond donors (Lipinski definition) is 6. The van der Waals surface area contributed by atoms with Gasteiger partial charge >= 0.3 is 16.4 Å². The summed E-state index contributed by atoms with van der Waals surface area (Å²) in [6, 6.07) is 0. The average Bonchev–Trinajstić information content (AvgIpc) is 1.19. The molecule has 0 saturated heterocycles. The molecule has 0 spiro atoms. The minimum Gasteiger partial charge on any atom is -0.412 e. The Labute approximate surface area is 81.3 Å². The van der Waals surface area contributed by atoms with Crippen LogP contribution in [0.15, 0.2) is 0 Å². The van der Waals surface area contributed by atoms with Crippen LogP contribution in [0.3, 0.4) is 0 Å². The van der Waals surface area contributed by atoms with Crippen molar-refractivity contribution < 1.29 is 64.4 Å². The van der Waals surface area contributed by atoms with Gasteiger partial charge in [-0.2, -0.15) is 0 Å². The van der Waals surface area contributed by atoms with E-state index in [9.17, 15) is 0 Å². The molecule has 0 aromatic heterocycles. The molecule has 10 N–H and O–H groups in total. The fourth-order valence-electron chi connectivity index (χ4n) is 0. The van der Waals surface area contributed by atoms with E-state index in [1.807, 2.05) is 0 Å². The molecule has 0 aromatic rings. The Morgan fingerprint density at radius 2 is 0.917 bits per heavy atom. The van der Waals surface area contributed by atoms with E-state index in [0.29, 0.717) is 0 Å². The van der Waals surface area contributed by atoms with Crippen LogP contribution >= 0.6 is 16.4 Å². The van der Waals surface area contributed by atoms with Gasteiger partial charge in [-0.15, -0.1) is 0 Å². The second-order valence-electron chi connectivity index (χ2n) is 0.782. The van der Waals surface area contributed by atoms with Gasteiger partial charge in [-0.25, -0.2) is 4.57 Å². The first kappa shape index (κ1) is 29.3. The van der Waals surface area contributed by atoms with Crippen molar-refractivity contribution in [2.75, 3.05) is 0 Å². The van der Waals surface area contributed by atoms with E-state index in [-0.39, 0.29) is 30.4 Å². The molecule has 0 atom stereocenters. The molecule has 12 heavy (non-hydrogen) atoms. The minimum absolute atomic E-state index is 0. The molecular weight excluding hydrogens is 271 g/mol. The van der Waals surface area contributed by atoms with Gasteiger partial charge in [0.15, 0.2) is 0 Å². The molecule has 0 aromatic carbocycles. The molecule has 0 unspecified atom stereocenters. The van der Waals surface area contributed by atoms with E-state index in [2.05, 4.69) is 0 Å². The summed E-state index contributed by atoms with van der Waals surface area (Å²) in [5.41, 5.74) is 0. The molecule has 0 aliphatic heterocycles. The van der Waals surface area contributed by atoms with Crippen molar-refractivity contribution in [3.05, 3.63) is 0 Å². The predicted molar refractivity (Wildman–Crippen MR) is 35.1 cm³/mol. The first-order valence-electron chi connectivity index (χ1n) is 1.38. The van der Waals surface area contributed by atoms with Crippen molar-refractivity contribution in [3.8, 4) is 0 Å². The molecule has 0 rings (SSSR count). The molecule has 0 radical (unpaired) electrons. The summed E-state index contributed by atoms with van der Waals surface area (Å²) in [6.07, 6.45) is 0. The second-order valence-corrected chi connectivity index (χ2v) is 2.34. The van der Waals surface area contributed by atoms with E-state index in [0.717, 1.165) is 0 Å². The smallest absolute Gasteiger partial charge is 0.412 e. The van der Waals surface area contributed by atoms with Crippen molar-refractivity contribution >= 4 is 16.4 Å². The fourth-order valence-corrected chi connectivity index (χ4v) is 0. The molecule has 9 nitrogen and oxygen atoms in total. The Bertz CT molecular complexity index is 83.7. The SMILES string of the molecule is O.O.O=P(O)(O)O.OP(O)O.[Zn]. The van der Waals surface area contributed by atoms with Crippen LogP contribution in [-0.4, -0.2) is 40.3 Å². The van der Waals surface area contributed by atoms with E-state index < -0.39 is 16.4 Å². The topological polar surface area (TPSA) is 201 Å². The van der Waals surface area contributed by atoms with Crippen molar-refractivity contribution in [3.63, 3.8) is 0 Å².